The van der Waals surface area contributed by atoms with Crippen molar-refractivity contribution < 1.29 is 4.79 Å². The van der Waals surface area contributed by atoms with Crippen molar-refractivity contribution >= 4 is 35.0 Å². The van der Waals surface area contributed by atoms with Gasteiger partial charge in [0.2, 0.25) is 5.91 Å². The highest BCUT2D eigenvalue weighted by molar-refractivity contribution is 8.00. The third kappa shape index (κ3) is 3.30. The number of nitrogens with two attached hydrogens (primary N) is 1. The average Bonchev–Trinajstić information content (AvgIpc) is 3.10. The second kappa shape index (κ2) is 5.19. The van der Waals surface area contributed by atoms with Crippen molar-refractivity contribution in [3.05, 3.63) is 23.2 Å². The molecule has 17 heavy (non-hydrogen) atoms. The Hall–Kier alpha value is -0.870. The molecule has 0 radical (unpaired) electrons. The number of rotatable bonds is 4. The zero-order valence-corrected chi connectivity index (χ0v) is 11.2. The fourth-order valence-corrected chi connectivity index (χ4v) is 2.61. The molecule has 0 aliphatic heterocycles. The SMILES string of the molecule is CN(C(=O)CSc1ccc(Cl)cc1N)C1CC1. The van der Waals surface area contributed by atoms with E-state index < -0.39 is 0 Å². The highest BCUT2D eigenvalue weighted by Gasteiger charge is 2.29. The lowest BCUT2D eigenvalue weighted by atomic mass is 10.3. The maximum atomic E-state index is 11.8. The zero-order chi connectivity index (χ0) is 12.4. The second-order valence-electron chi connectivity index (χ2n) is 4.21. The van der Waals surface area contributed by atoms with Gasteiger partial charge in [-0.1, -0.05) is 11.6 Å². The first-order valence-electron chi connectivity index (χ1n) is 5.51. The molecule has 2 N–H and O–H groups in total. The van der Waals surface area contributed by atoms with Gasteiger partial charge in [0.1, 0.15) is 0 Å². The van der Waals surface area contributed by atoms with Crippen LogP contribution in [0.25, 0.3) is 0 Å². The Kier molecular flexibility index (Phi) is 3.84. The molecule has 0 heterocycles. The highest BCUT2D eigenvalue weighted by Crippen LogP contribution is 2.29. The van der Waals surface area contributed by atoms with Crippen LogP contribution in [0.4, 0.5) is 5.69 Å². The molecule has 0 saturated heterocycles. The Morgan fingerprint density at radius 1 is 1.59 bits per heavy atom. The number of benzene rings is 1. The van der Waals surface area contributed by atoms with E-state index in [4.69, 9.17) is 17.3 Å². The summed E-state index contributed by atoms with van der Waals surface area (Å²) in [5.41, 5.74) is 6.45. The summed E-state index contributed by atoms with van der Waals surface area (Å²) < 4.78 is 0. The first kappa shape index (κ1) is 12.6. The molecule has 0 aromatic heterocycles. The first-order valence-corrected chi connectivity index (χ1v) is 6.88. The van der Waals surface area contributed by atoms with Gasteiger partial charge in [0.15, 0.2) is 0 Å². The van der Waals surface area contributed by atoms with Gasteiger partial charge in [-0.15, -0.1) is 11.8 Å². The number of halogens is 1. The number of amides is 1. The summed E-state index contributed by atoms with van der Waals surface area (Å²) in [6.07, 6.45) is 2.27. The topological polar surface area (TPSA) is 46.3 Å². The quantitative estimate of drug-likeness (QED) is 0.676. The maximum absolute atomic E-state index is 11.8. The van der Waals surface area contributed by atoms with E-state index in [1.165, 1.54) is 11.8 Å². The number of carbonyl (C=O) groups excluding carboxylic acids is 1. The lowest BCUT2D eigenvalue weighted by Crippen LogP contribution is -2.30. The summed E-state index contributed by atoms with van der Waals surface area (Å²) in [7, 11) is 1.87. The Morgan fingerprint density at radius 3 is 2.88 bits per heavy atom. The van der Waals surface area contributed by atoms with Gasteiger partial charge in [-0.25, -0.2) is 0 Å². The lowest BCUT2D eigenvalue weighted by Gasteiger charge is -2.16. The van der Waals surface area contributed by atoms with E-state index in [1.54, 1.807) is 12.1 Å². The number of hydrogen-bond acceptors (Lipinski definition) is 3. The predicted octanol–water partition coefficient (Wildman–Crippen LogP) is 2.64. The van der Waals surface area contributed by atoms with E-state index in [1.807, 2.05) is 18.0 Å². The minimum absolute atomic E-state index is 0.159. The predicted molar refractivity (Wildman–Crippen MR) is 72.4 cm³/mol. The zero-order valence-electron chi connectivity index (χ0n) is 9.65. The van der Waals surface area contributed by atoms with Crippen molar-refractivity contribution in [3.63, 3.8) is 0 Å². The van der Waals surface area contributed by atoms with E-state index in [2.05, 4.69) is 0 Å². The molecule has 1 aromatic carbocycles. The van der Waals surface area contributed by atoms with Crippen molar-refractivity contribution in [1.29, 1.82) is 0 Å². The van der Waals surface area contributed by atoms with Gasteiger partial charge in [-0.3, -0.25) is 4.79 Å². The third-order valence-electron chi connectivity index (χ3n) is 2.81. The molecule has 0 atom stereocenters. The average molecular weight is 271 g/mol. The summed E-state index contributed by atoms with van der Waals surface area (Å²) >= 11 is 7.28. The van der Waals surface area contributed by atoms with Crippen molar-refractivity contribution in [2.45, 2.75) is 23.8 Å². The van der Waals surface area contributed by atoms with Crippen LogP contribution >= 0.6 is 23.4 Å². The van der Waals surface area contributed by atoms with Gasteiger partial charge < -0.3 is 10.6 Å². The molecule has 1 aliphatic carbocycles. The van der Waals surface area contributed by atoms with Gasteiger partial charge in [-0.2, -0.15) is 0 Å². The van der Waals surface area contributed by atoms with E-state index >= 15 is 0 Å². The van der Waals surface area contributed by atoms with E-state index in [0.717, 1.165) is 17.7 Å². The minimum Gasteiger partial charge on any atom is -0.398 e. The maximum Gasteiger partial charge on any atom is 0.232 e. The van der Waals surface area contributed by atoms with Gasteiger partial charge in [0.25, 0.3) is 0 Å². The molecule has 0 unspecified atom stereocenters. The number of anilines is 1. The van der Waals surface area contributed by atoms with Crippen LogP contribution in [-0.2, 0) is 4.79 Å². The normalized spacial score (nSPS) is 14.7. The fourth-order valence-electron chi connectivity index (χ4n) is 1.56. The highest BCUT2D eigenvalue weighted by atomic mass is 35.5. The third-order valence-corrected chi connectivity index (χ3v) is 4.12. The largest absolute Gasteiger partial charge is 0.398 e. The summed E-state index contributed by atoms with van der Waals surface area (Å²) in [5, 5.41) is 0.619. The molecule has 1 aromatic rings. The number of carbonyl (C=O) groups is 1. The van der Waals surface area contributed by atoms with E-state index in [9.17, 15) is 4.79 Å². The van der Waals surface area contributed by atoms with Crippen LogP contribution < -0.4 is 5.73 Å². The van der Waals surface area contributed by atoms with E-state index in [0.29, 0.717) is 22.5 Å². The number of hydrogen-bond donors (Lipinski definition) is 1. The van der Waals surface area contributed by atoms with Crippen molar-refractivity contribution in [1.82, 2.24) is 4.90 Å². The monoisotopic (exact) mass is 270 g/mol. The van der Waals surface area contributed by atoms with Gasteiger partial charge in [0, 0.05) is 28.7 Å². The van der Waals surface area contributed by atoms with Crippen molar-refractivity contribution in [3.8, 4) is 0 Å². The molecule has 0 spiro atoms. The van der Waals surface area contributed by atoms with E-state index in [-0.39, 0.29) is 5.91 Å². The van der Waals surface area contributed by atoms with Crippen LogP contribution in [0, 0.1) is 0 Å². The van der Waals surface area contributed by atoms with Crippen LogP contribution in [0.5, 0.6) is 0 Å². The second-order valence-corrected chi connectivity index (χ2v) is 5.66. The van der Waals surface area contributed by atoms with Crippen molar-refractivity contribution in [2.75, 3.05) is 18.5 Å². The van der Waals surface area contributed by atoms with Crippen LogP contribution in [0.3, 0.4) is 0 Å². The van der Waals surface area contributed by atoms with Crippen LogP contribution in [0.2, 0.25) is 5.02 Å². The summed E-state index contributed by atoms with van der Waals surface area (Å²) in [5.74, 6) is 0.589. The Morgan fingerprint density at radius 2 is 2.29 bits per heavy atom. The van der Waals surface area contributed by atoms with Crippen LogP contribution in [0.1, 0.15) is 12.8 Å². The summed E-state index contributed by atoms with van der Waals surface area (Å²) in [6, 6.07) is 5.81. The molecule has 1 fully saturated rings. The van der Waals surface area contributed by atoms with Crippen molar-refractivity contribution in [2.24, 2.45) is 0 Å². The molecule has 0 bridgehead atoms. The molecule has 3 nitrogen and oxygen atoms in total. The van der Waals surface area contributed by atoms with Gasteiger partial charge in [-0.05, 0) is 31.0 Å². The molecule has 1 aliphatic rings. The number of nitrogens with zero attached hydrogens (tertiary/aromatic N) is 1. The molecular formula is C12H15ClN2OS. The summed E-state index contributed by atoms with van der Waals surface area (Å²) in [6.45, 7) is 0. The lowest BCUT2D eigenvalue weighted by molar-refractivity contribution is -0.127. The first-order chi connectivity index (χ1) is 8.08. The molecule has 1 amide bonds. The molecule has 92 valence electrons. The minimum atomic E-state index is 0.159. The molecule has 5 heteroatoms. The van der Waals surface area contributed by atoms with Gasteiger partial charge >= 0.3 is 0 Å². The van der Waals surface area contributed by atoms with Crippen LogP contribution in [-0.4, -0.2) is 29.6 Å². The molecule has 2 rings (SSSR count). The number of nitrogen functional groups attached to an aromatic ring is 1. The van der Waals surface area contributed by atoms with Gasteiger partial charge in [0.05, 0.1) is 5.75 Å². The fraction of sp³-hybridized carbons (Fsp3) is 0.417. The molecule has 1 saturated carbocycles. The Balaban J connectivity index is 1.90. The summed E-state index contributed by atoms with van der Waals surface area (Å²) in [4.78, 5) is 14.6. The standard InChI is InChI=1S/C12H15ClN2OS/c1-15(9-3-4-9)12(16)7-17-11-5-2-8(13)6-10(11)14/h2,5-6,9H,3-4,7,14H2,1H3. The Bertz CT molecular complexity index is 435. The number of thioether (sulfide) groups is 1. The smallest absolute Gasteiger partial charge is 0.232 e. The Labute approximate surface area is 110 Å². The molecular weight excluding hydrogens is 256 g/mol. The van der Waals surface area contributed by atoms with Crippen LogP contribution in [0.15, 0.2) is 23.1 Å².